The number of benzene rings is 2. The lowest BCUT2D eigenvalue weighted by atomic mass is 10.1. The van der Waals surface area contributed by atoms with Crippen molar-refractivity contribution in [3.05, 3.63) is 89.4 Å². The highest BCUT2D eigenvalue weighted by atomic mass is 35.5. The summed E-state index contributed by atoms with van der Waals surface area (Å²) in [5.74, 6) is -1.20. The van der Waals surface area contributed by atoms with Gasteiger partial charge in [-0.1, -0.05) is 41.4 Å². The van der Waals surface area contributed by atoms with Crippen LogP contribution in [0.2, 0.25) is 9.36 Å². The van der Waals surface area contributed by atoms with Crippen LogP contribution >= 0.6 is 34.5 Å². The largest absolute Gasteiger partial charge is 0.333 e. The predicted octanol–water partition coefficient (Wildman–Crippen LogP) is 4.25. The molecule has 0 unspecified atom stereocenters. The van der Waals surface area contributed by atoms with E-state index in [4.69, 9.17) is 23.2 Å². The number of carbonyl (C=O) groups is 1. The average molecular weight is 537 g/mol. The molecule has 2 heterocycles. The molecule has 0 saturated heterocycles. The molecule has 7 nitrogen and oxygen atoms in total. The van der Waals surface area contributed by atoms with Crippen molar-refractivity contribution >= 4 is 61.1 Å². The fraction of sp³-hybridized carbons (Fsp3) is 0.174. The van der Waals surface area contributed by atoms with Gasteiger partial charge >= 0.3 is 5.69 Å². The summed E-state index contributed by atoms with van der Waals surface area (Å²) in [7, 11) is -3.87. The van der Waals surface area contributed by atoms with E-state index in [2.05, 4.69) is 4.98 Å². The molecule has 176 valence electrons. The van der Waals surface area contributed by atoms with E-state index < -0.39 is 32.6 Å². The number of sulfone groups is 1. The van der Waals surface area contributed by atoms with E-state index in [1.807, 2.05) is 6.92 Å². The summed E-state index contributed by atoms with van der Waals surface area (Å²) in [5.41, 5.74) is 1.87. The van der Waals surface area contributed by atoms with Crippen molar-refractivity contribution in [3.63, 3.8) is 0 Å². The summed E-state index contributed by atoms with van der Waals surface area (Å²) in [5, 5.41) is 0.501. The maximum Gasteiger partial charge on any atom is 0.333 e. The Morgan fingerprint density at radius 1 is 1.06 bits per heavy atom. The van der Waals surface area contributed by atoms with Crippen molar-refractivity contribution in [1.82, 2.24) is 9.55 Å². The van der Waals surface area contributed by atoms with Crippen LogP contribution in [0.4, 0.5) is 0 Å². The van der Waals surface area contributed by atoms with Crippen LogP contribution in [0, 0.1) is 13.8 Å². The molecule has 0 saturated carbocycles. The second-order valence-electron chi connectivity index (χ2n) is 7.90. The number of ketones is 1. The third kappa shape index (κ3) is 4.74. The Balaban J connectivity index is 1.61. The van der Waals surface area contributed by atoms with Gasteiger partial charge in [0.15, 0.2) is 15.6 Å². The summed E-state index contributed by atoms with van der Waals surface area (Å²) in [6.07, 6.45) is -0.130. The lowest BCUT2D eigenvalue weighted by Gasteiger charge is -2.11. The first-order valence-corrected chi connectivity index (χ1v) is 13.2. The molecule has 0 aliphatic heterocycles. The number of rotatable bonds is 6. The number of halogens is 2. The summed E-state index contributed by atoms with van der Waals surface area (Å²) in [6, 6.07) is 11.2. The van der Waals surface area contributed by atoms with Gasteiger partial charge in [0.1, 0.15) is 14.3 Å². The van der Waals surface area contributed by atoms with Gasteiger partial charge in [0.05, 0.1) is 21.6 Å². The minimum atomic E-state index is -3.87. The quantitative estimate of drug-likeness (QED) is 0.396. The van der Waals surface area contributed by atoms with Gasteiger partial charge in [-0.05, 0) is 54.8 Å². The average Bonchev–Trinajstić information content (AvgIpc) is 3.08. The maximum absolute atomic E-state index is 13.0. The van der Waals surface area contributed by atoms with Gasteiger partial charge in [-0.15, -0.1) is 11.3 Å². The minimum Gasteiger partial charge on any atom is -0.306 e. The van der Waals surface area contributed by atoms with Crippen LogP contribution in [0.25, 0.3) is 16.6 Å². The lowest BCUT2D eigenvalue weighted by molar-refractivity contribution is -0.116. The van der Waals surface area contributed by atoms with E-state index in [1.54, 1.807) is 43.3 Å². The minimum absolute atomic E-state index is 0.0625. The molecule has 0 aliphatic rings. The number of hydrogen-bond donors (Lipinski definition) is 1. The second-order valence-corrected chi connectivity index (χ2v) is 12.2. The van der Waals surface area contributed by atoms with E-state index in [-0.39, 0.29) is 20.0 Å². The Hall–Kier alpha value is -2.72. The third-order valence-corrected chi connectivity index (χ3v) is 9.34. The van der Waals surface area contributed by atoms with Crippen LogP contribution in [0.1, 0.15) is 16.7 Å². The number of carbonyl (C=O) groups excluding carboxylic acids is 1. The smallest absolute Gasteiger partial charge is 0.306 e. The Morgan fingerprint density at radius 3 is 2.44 bits per heavy atom. The zero-order valence-corrected chi connectivity index (χ0v) is 21.2. The monoisotopic (exact) mass is 536 g/mol. The molecule has 2 aromatic carbocycles. The number of aryl methyl sites for hydroxylation is 2. The molecule has 4 rings (SSSR count). The normalized spacial score (nSPS) is 11.8. The fourth-order valence-electron chi connectivity index (χ4n) is 3.67. The van der Waals surface area contributed by atoms with Gasteiger partial charge in [-0.3, -0.25) is 9.59 Å². The summed E-state index contributed by atoms with van der Waals surface area (Å²) in [6.45, 7) is 3.57. The summed E-state index contributed by atoms with van der Waals surface area (Å²) < 4.78 is 26.1. The van der Waals surface area contributed by atoms with Crippen LogP contribution in [0.3, 0.4) is 0 Å². The fourth-order valence-corrected chi connectivity index (χ4v) is 6.88. The number of Topliss-reactive ketones (excluding diaryl/α,β-unsaturated/α-hetero) is 1. The van der Waals surface area contributed by atoms with Gasteiger partial charge in [0.25, 0.3) is 5.56 Å². The molecular formula is C23H18Cl2N2O5S2. The van der Waals surface area contributed by atoms with E-state index in [1.165, 1.54) is 6.07 Å². The van der Waals surface area contributed by atoms with Gasteiger partial charge < -0.3 is 4.98 Å². The van der Waals surface area contributed by atoms with E-state index in [0.29, 0.717) is 27.7 Å². The van der Waals surface area contributed by atoms with E-state index >= 15 is 0 Å². The highest BCUT2D eigenvalue weighted by Crippen LogP contribution is 2.34. The Labute approximate surface area is 208 Å². The number of nitrogens with zero attached hydrogens (tertiary/aromatic N) is 1. The van der Waals surface area contributed by atoms with Crippen LogP contribution in [0.15, 0.2) is 56.3 Å². The van der Waals surface area contributed by atoms with Crippen molar-refractivity contribution in [3.8, 4) is 5.69 Å². The number of aromatic nitrogens is 2. The molecule has 1 N–H and O–H groups in total. The number of nitrogens with one attached hydrogen (secondary N) is 1. The summed E-state index contributed by atoms with van der Waals surface area (Å²) >= 11 is 12.5. The molecule has 0 spiro atoms. The molecule has 0 aliphatic carbocycles. The zero-order chi connectivity index (χ0) is 24.8. The van der Waals surface area contributed by atoms with E-state index in [0.717, 1.165) is 21.5 Å². The highest BCUT2D eigenvalue weighted by Gasteiger charge is 2.23. The predicted molar refractivity (Wildman–Crippen MR) is 135 cm³/mol. The van der Waals surface area contributed by atoms with Crippen LogP contribution in [0.5, 0.6) is 0 Å². The summed E-state index contributed by atoms with van der Waals surface area (Å²) in [4.78, 5) is 40.9. The number of hydrogen-bond acceptors (Lipinski definition) is 6. The standard InChI is InChI=1S/C23H18Cl2N2O5S2/c1-12-3-5-16-18(7-12)26-23(30)27(22(16)29)19-6-4-14(8-13(19)2)9-15(28)11-34(31,32)20-10-17(24)21(25)33-20/h3-8,10H,9,11H2,1-2H3,(H,26,30). The van der Waals surface area contributed by atoms with Crippen molar-refractivity contribution in [1.29, 1.82) is 0 Å². The molecule has 0 amide bonds. The van der Waals surface area contributed by atoms with Crippen molar-refractivity contribution in [2.24, 2.45) is 0 Å². The molecule has 4 aromatic rings. The molecular weight excluding hydrogens is 519 g/mol. The first-order chi connectivity index (χ1) is 16.0. The van der Waals surface area contributed by atoms with Crippen molar-refractivity contribution < 1.29 is 13.2 Å². The SMILES string of the molecule is Cc1ccc2c(=O)n(-c3ccc(CC(=O)CS(=O)(=O)c4cc(Cl)c(Cl)s4)cc3C)c(=O)[nH]c2c1. The van der Waals surface area contributed by atoms with Crippen LogP contribution in [-0.2, 0) is 21.1 Å². The van der Waals surface area contributed by atoms with Gasteiger partial charge in [0.2, 0.25) is 0 Å². The zero-order valence-electron chi connectivity index (χ0n) is 18.0. The van der Waals surface area contributed by atoms with Crippen molar-refractivity contribution in [2.75, 3.05) is 5.75 Å². The van der Waals surface area contributed by atoms with E-state index in [9.17, 15) is 22.8 Å². The molecule has 34 heavy (non-hydrogen) atoms. The molecule has 0 bridgehead atoms. The Morgan fingerprint density at radius 2 is 1.79 bits per heavy atom. The topological polar surface area (TPSA) is 106 Å². The Kier molecular flexibility index (Phi) is 6.56. The Bertz CT molecular complexity index is 1660. The van der Waals surface area contributed by atoms with Crippen LogP contribution < -0.4 is 11.2 Å². The first kappa shape index (κ1) is 24.4. The lowest BCUT2D eigenvalue weighted by Crippen LogP contribution is -2.34. The second kappa shape index (κ2) is 9.14. The van der Waals surface area contributed by atoms with Gasteiger partial charge in [0, 0.05) is 6.42 Å². The van der Waals surface area contributed by atoms with Crippen LogP contribution in [-0.4, -0.2) is 29.5 Å². The molecule has 0 radical (unpaired) electrons. The third-order valence-electron chi connectivity index (χ3n) is 5.24. The first-order valence-electron chi connectivity index (χ1n) is 10.0. The van der Waals surface area contributed by atoms with Gasteiger partial charge in [-0.25, -0.2) is 17.8 Å². The number of thiophene rings is 1. The number of H-pyrrole nitrogens is 1. The highest BCUT2D eigenvalue weighted by molar-refractivity contribution is 7.94. The maximum atomic E-state index is 13.0. The number of aromatic amines is 1. The molecule has 11 heteroatoms. The molecule has 2 aromatic heterocycles. The van der Waals surface area contributed by atoms with Gasteiger partial charge in [-0.2, -0.15) is 0 Å². The molecule has 0 fully saturated rings. The van der Waals surface area contributed by atoms with Crippen molar-refractivity contribution in [2.45, 2.75) is 24.5 Å². The molecule has 0 atom stereocenters. The number of fused-ring (bicyclic) bond motifs is 1.